The molecular weight excluding hydrogens is 236 g/mol. The second-order valence-electron chi connectivity index (χ2n) is 7.09. The second-order valence-corrected chi connectivity index (χ2v) is 7.09. The van der Waals surface area contributed by atoms with Crippen molar-refractivity contribution < 1.29 is 5.11 Å². The van der Waals surface area contributed by atoms with Crippen LogP contribution in [-0.4, -0.2) is 48.3 Å². The third kappa shape index (κ3) is 3.14. The summed E-state index contributed by atoms with van der Waals surface area (Å²) in [7, 11) is 0. The van der Waals surface area contributed by atoms with E-state index in [9.17, 15) is 5.11 Å². The maximum atomic E-state index is 10.3. The fourth-order valence-electron chi connectivity index (χ4n) is 4.48. The topological polar surface area (TPSA) is 35.5 Å². The standard InChI is InChI=1S/C16H32N2O/c1-13(2)15-6-5-14(3)11-16(15,12-19)18-9-4-7-17-8-10-18/h13-15,17,19H,4-12H2,1-3H3. The number of nitrogens with zero attached hydrogens (tertiary/aromatic N) is 1. The Kier molecular flexibility index (Phi) is 5.27. The average Bonchev–Trinajstić information content (AvgIpc) is 2.67. The SMILES string of the molecule is CC1CCC(C(C)C)C(CO)(N2CCCNCC2)C1. The molecule has 2 aliphatic rings. The number of nitrogens with one attached hydrogen (secondary N) is 1. The predicted molar refractivity (Wildman–Crippen MR) is 80.2 cm³/mol. The van der Waals surface area contributed by atoms with Crippen molar-refractivity contribution in [3.8, 4) is 0 Å². The molecule has 1 aliphatic carbocycles. The second kappa shape index (κ2) is 6.55. The highest BCUT2D eigenvalue weighted by Crippen LogP contribution is 2.44. The lowest BCUT2D eigenvalue weighted by Crippen LogP contribution is -2.61. The molecule has 0 aromatic carbocycles. The Morgan fingerprint density at radius 2 is 2.05 bits per heavy atom. The molecule has 112 valence electrons. The van der Waals surface area contributed by atoms with Crippen molar-refractivity contribution in [3.05, 3.63) is 0 Å². The molecule has 2 rings (SSSR count). The zero-order chi connectivity index (χ0) is 13.9. The molecule has 1 saturated heterocycles. The molecule has 0 amide bonds. The summed E-state index contributed by atoms with van der Waals surface area (Å²) in [5.41, 5.74) is 0.0395. The van der Waals surface area contributed by atoms with Crippen LogP contribution in [0.25, 0.3) is 0 Å². The van der Waals surface area contributed by atoms with Crippen LogP contribution in [0.3, 0.4) is 0 Å². The Hall–Kier alpha value is -0.120. The first kappa shape index (κ1) is 15.3. The van der Waals surface area contributed by atoms with Gasteiger partial charge in [-0.3, -0.25) is 4.90 Å². The minimum atomic E-state index is 0.0395. The van der Waals surface area contributed by atoms with Gasteiger partial charge >= 0.3 is 0 Å². The molecule has 3 atom stereocenters. The van der Waals surface area contributed by atoms with Crippen LogP contribution >= 0.6 is 0 Å². The minimum absolute atomic E-state index is 0.0395. The molecule has 3 unspecified atom stereocenters. The number of hydrogen-bond acceptors (Lipinski definition) is 3. The van der Waals surface area contributed by atoms with Crippen LogP contribution in [0.5, 0.6) is 0 Å². The van der Waals surface area contributed by atoms with E-state index in [1.807, 2.05) is 0 Å². The highest BCUT2D eigenvalue weighted by Gasteiger charge is 2.47. The van der Waals surface area contributed by atoms with E-state index in [0.717, 1.165) is 32.1 Å². The molecule has 2 fully saturated rings. The van der Waals surface area contributed by atoms with Crippen LogP contribution in [0.1, 0.15) is 46.5 Å². The van der Waals surface area contributed by atoms with Crippen LogP contribution in [0.2, 0.25) is 0 Å². The summed E-state index contributed by atoms with van der Waals surface area (Å²) < 4.78 is 0. The van der Waals surface area contributed by atoms with Crippen LogP contribution in [0.15, 0.2) is 0 Å². The quantitative estimate of drug-likeness (QED) is 0.823. The van der Waals surface area contributed by atoms with Gasteiger partial charge in [0.05, 0.1) is 6.61 Å². The molecule has 1 heterocycles. The first-order chi connectivity index (χ1) is 9.10. The number of rotatable bonds is 3. The zero-order valence-corrected chi connectivity index (χ0v) is 13.0. The Labute approximate surface area is 118 Å². The maximum absolute atomic E-state index is 10.3. The Morgan fingerprint density at radius 1 is 1.26 bits per heavy atom. The van der Waals surface area contributed by atoms with E-state index < -0.39 is 0 Å². The maximum Gasteiger partial charge on any atom is 0.0618 e. The number of hydrogen-bond donors (Lipinski definition) is 2. The summed E-state index contributed by atoms with van der Waals surface area (Å²) in [5, 5.41) is 13.8. The van der Waals surface area contributed by atoms with Gasteiger partial charge in [-0.15, -0.1) is 0 Å². The van der Waals surface area contributed by atoms with E-state index in [2.05, 4.69) is 31.0 Å². The Balaban J connectivity index is 2.23. The van der Waals surface area contributed by atoms with Crippen molar-refractivity contribution in [1.29, 1.82) is 0 Å². The molecule has 1 saturated carbocycles. The predicted octanol–water partition coefficient (Wildman–Crippen LogP) is 2.10. The van der Waals surface area contributed by atoms with E-state index in [1.54, 1.807) is 0 Å². The van der Waals surface area contributed by atoms with Gasteiger partial charge in [0.2, 0.25) is 0 Å². The van der Waals surface area contributed by atoms with E-state index in [-0.39, 0.29) is 5.54 Å². The lowest BCUT2D eigenvalue weighted by atomic mass is 9.64. The number of aliphatic hydroxyl groups is 1. The molecule has 0 bridgehead atoms. The largest absolute Gasteiger partial charge is 0.394 e. The molecule has 2 N–H and O–H groups in total. The summed E-state index contributed by atoms with van der Waals surface area (Å²) in [6.07, 6.45) is 4.99. The molecule has 3 heteroatoms. The monoisotopic (exact) mass is 268 g/mol. The van der Waals surface area contributed by atoms with E-state index >= 15 is 0 Å². The number of aliphatic hydroxyl groups excluding tert-OH is 1. The summed E-state index contributed by atoms with van der Waals surface area (Å²) in [6, 6.07) is 0. The Bertz CT molecular complexity index is 274. The summed E-state index contributed by atoms with van der Waals surface area (Å²) in [5.74, 6) is 2.06. The van der Waals surface area contributed by atoms with Gasteiger partial charge in [-0.25, -0.2) is 0 Å². The third-order valence-corrected chi connectivity index (χ3v) is 5.41. The molecule has 1 aliphatic heterocycles. The molecular formula is C16H32N2O. The Morgan fingerprint density at radius 3 is 2.74 bits per heavy atom. The van der Waals surface area contributed by atoms with Gasteiger partial charge in [0.15, 0.2) is 0 Å². The van der Waals surface area contributed by atoms with E-state index in [0.29, 0.717) is 18.4 Å². The lowest BCUT2D eigenvalue weighted by Gasteiger charge is -2.53. The van der Waals surface area contributed by atoms with Gasteiger partial charge in [-0.2, -0.15) is 0 Å². The van der Waals surface area contributed by atoms with Gasteiger partial charge in [-0.1, -0.05) is 27.2 Å². The summed E-state index contributed by atoms with van der Waals surface area (Å²) in [4.78, 5) is 2.62. The van der Waals surface area contributed by atoms with Gasteiger partial charge in [0.25, 0.3) is 0 Å². The summed E-state index contributed by atoms with van der Waals surface area (Å²) in [6.45, 7) is 11.8. The zero-order valence-electron chi connectivity index (χ0n) is 13.0. The normalized spacial score (nSPS) is 38.4. The molecule has 3 nitrogen and oxygen atoms in total. The molecule has 0 radical (unpaired) electrons. The minimum Gasteiger partial charge on any atom is -0.394 e. The third-order valence-electron chi connectivity index (χ3n) is 5.41. The fourth-order valence-corrected chi connectivity index (χ4v) is 4.48. The lowest BCUT2D eigenvalue weighted by molar-refractivity contribution is -0.0670. The molecule has 0 aromatic rings. The van der Waals surface area contributed by atoms with Gasteiger partial charge in [0.1, 0.15) is 0 Å². The van der Waals surface area contributed by atoms with Crippen molar-refractivity contribution in [3.63, 3.8) is 0 Å². The van der Waals surface area contributed by atoms with Crippen molar-refractivity contribution in [2.24, 2.45) is 17.8 Å². The first-order valence-electron chi connectivity index (χ1n) is 8.17. The molecule has 19 heavy (non-hydrogen) atoms. The van der Waals surface area contributed by atoms with Crippen LogP contribution in [0, 0.1) is 17.8 Å². The van der Waals surface area contributed by atoms with Gasteiger partial charge < -0.3 is 10.4 Å². The van der Waals surface area contributed by atoms with Crippen molar-refractivity contribution in [2.75, 3.05) is 32.8 Å². The molecule has 0 spiro atoms. The smallest absolute Gasteiger partial charge is 0.0618 e. The van der Waals surface area contributed by atoms with E-state index in [4.69, 9.17) is 0 Å². The van der Waals surface area contributed by atoms with Crippen LogP contribution < -0.4 is 5.32 Å². The van der Waals surface area contributed by atoms with Gasteiger partial charge in [0, 0.05) is 25.2 Å². The highest BCUT2D eigenvalue weighted by atomic mass is 16.3. The highest BCUT2D eigenvalue weighted by molar-refractivity contribution is 5.01. The van der Waals surface area contributed by atoms with Crippen LogP contribution in [0.4, 0.5) is 0 Å². The molecule has 0 aromatic heterocycles. The van der Waals surface area contributed by atoms with Gasteiger partial charge in [-0.05, 0) is 43.6 Å². The van der Waals surface area contributed by atoms with Crippen molar-refractivity contribution in [2.45, 2.75) is 52.0 Å². The summed E-state index contributed by atoms with van der Waals surface area (Å²) >= 11 is 0. The van der Waals surface area contributed by atoms with Crippen molar-refractivity contribution in [1.82, 2.24) is 10.2 Å². The van der Waals surface area contributed by atoms with Crippen molar-refractivity contribution >= 4 is 0 Å². The van der Waals surface area contributed by atoms with Crippen LogP contribution in [-0.2, 0) is 0 Å². The first-order valence-corrected chi connectivity index (χ1v) is 8.17. The van der Waals surface area contributed by atoms with E-state index in [1.165, 1.54) is 25.7 Å². The average molecular weight is 268 g/mol. The fraction of sp³-hybridized carbons (Fsp3) is 1.00.